The first kappa shape index (κ1) is 24.5. The smallest absolute Gasteiger partial charge is 0.258 e. The zero-order valence-electron chi connectivity index (χ0n) is 18.8. The van der Waals surface area contributed by atoms with E-state index in [9.17, 15) is 9.59 Å². The SMILES string of the molecule is CN(C(=O)c1cccc(OCc2csc3c(C(=O)NCCO)cnc(N)c23)c1)c1ccc(Cl)cc1. The quantitative estimate of drug-likeness (QED) is 0.328. The number of halogens is 1. The summed E-state index contributed by atoms with van der Waals surface area (Å²) in [6.45, 7) is 0.171. The van der Waals surface area contributed by atoms with Crippen molar-refractivity contribution in [1.82, 2.24) is 10.3 Å². The van der Waals surface area contributed by atoms with Gasteiger partial charge in [-0.05, 0) is 47.8 Å². The number of aliphatic hydroxyl groups is 1. The highest BCUT2D eigenvalue weighted by Gasteiger charge is 2.18. The van der Waals surface area contributed by atoms with Gasteiger partial charge in [0.15, 0.2) is 0 Å². The fourth-order valence-corrected chi connectivity index (χ4v) is 4.72. The Hall–Kier alpha value is -3.66. The molecule has 35 heavy (non-hydrogen) atoms. The number of fused-ring (bicyclic) bond motifs is 1. The largest absolute Gasteiger partial charge is 0.489 e. The van der Waals surface area contributed by atoms with Crippen LogP contribution in [0.1, 0.15) is 26.3 Å². The van der Waals surface area contributed by atoms with Crippen molar-refractivity contribution in [2.45, 2.75) is 6.61 Å². The maximum absolute atomic E-state index is 13.0. The van der Waals surface area contributed by atoms with Gasteiger partial charge in [0.05, 0.1) is 16.9 Å². The minimum atomic E-state index is -0.332. The number of ether oxygens (including phenoxy) is 1. The van der Waals surface area contributed by atoms with E-state index in [0.717, 1.165) is 11.3 Å². The average Bonchev–Trinajstić information content (AvgIpc) is 3.31. The lowest BCUT2D eigenvalue weighted by Crippen LogP contribution is -2.26. The molecule has 0 spiro atoms. The number of rotatable bonds is 8. The number of carbonyl (C=O) groups excluding carboxylic acids is 2. The number of hydrogen-bond acceptors (Lipinski definition) is 7. The summed E-state index contributed by atoms with van der Waals surface area (Å²) < 4.78 is 6.67. The van der Waals surface area contributed by atoms with Gasteiger partial charge < -0.3 is 25.8 Å². The third kappa shape index (κ3) is 5.37. The number of aliphatic hydroxyl groups excluding tert-OH is 1. The maximum Gasteiger partial charge on any atom is 0.258 e. The first-order valence-electron chi connectivity index (χ1n) is 10.7. The van der Waals surface area contributed by atoms with Crippen molar-refractivity contribution in [2.75, 3.05) is 30.8 Å². The summed E-state index contributed by atoms with van der Waals surface area (Å²) in [5.74, 6) is 0.294. The van der Waals surface area contributed by atoms with Gasteiger partial charge in [-0.1, -0.05) is 17.7 Å². The molecule has 0 bridgehead atoms. The molecular weight excluding hydrogens is 488 g/mol. The van der Waals surface area contributed by atoms with Gasteiger partial charge in [-0.3, -0.25) is 9.59 Å². The van der Waals surface area contributed by atoms with Crippen LogP contribution in [0.5, 0.6) is 5.75 Å². The fraction of sp³-hybridized carbons (Fsp3) is 0.160. The van der Waals surface area contributed by atoms with Gasteiger partial charge in [-0.25, -0.2) is 4.98 Å². The highest BCUT2D eigenvalue weighted by Crippen LogP contribution is 2.33. The molecule has 0 aliphatic rings. The van der Waals surface area contributed by atoms with Crippen LogP contribution in [0, 0.1) is 0 Å². The van der Waals surface area contributed by atoms with E-state index < -0.39 is 0 Å². The molecule has 10 heteroatoms. The highest BCUT2D eigenvalue weighted by molar-refractivity contribution is 7.17. The summed E-state index contributed by atoms with van der Waals surface area (Å²) in [5, 5.41) is 14.7. The summed E-state index contributed by atoms with van der Waals surface area (Å²) in [6.07, 6.45) is 1.43. The van der Waals surface area contributed by atoms with Gasteiger partial charge in [0.25, 0.3) is 11.8 Å². The first-order chi connectivity index (χ1) is 16.9. The van der Waals surface area contributed by atoms with Crippen LogP contribution in [0.15, 0.2) is 60.1 Å². The molecule has 0 atom stereocenters. The number of hydrogen-bond donors (Lipinski definition) is 3. The van der Waals surface area contributed by atoms with Crippen molar-refractivity contribution in [3.63, 3.8) is 0 Å². The molecule has 2 heterocycles. The third-order valence-electron chi connectivity index (χ3n) is 5.34. The van der Waals surface area contributed by atoms with E-state index >= 15 is 0 Å². The number of nitrogen functional groups attached to an aromatic ring is 1. The Morgan fingerprint density at radius 3 is 2.74 bits per heavy atom. The molecule has 0 aliphatic heterocycles. The third-order valence-corrected chi connectivity index (χ3v) is 6.65. The van der Waals surface area contributed by atoms with Crippen LogP contribution >= 0.6 is 22.9 Å². The lowest BCUT2D eigenvalue weighted by atomic mass is 10.1. The van der Waals surface area contributed by atoms with Crippen LogP contribution in [0.25, 0.3) is 10.1 Å². The van der Waals surface area contributed by atoms with Gasteiger partial charge in [0.2, 0.25) is 0 Å². The Morgan fingerprint density at radius 1 is 1.23 bits per heavy atom. The number of thiophene rings is 1. The van der Waals surface area contributed by atoms with Crippen molar-refractivity contribution >= 4 is 56.3 Å². The van der Waals surface area contributed by atoms with Crippen LogP contribution in [-0.2, 0) is 6.61 Å². The second kappa shape index (κ2) is 10.7. The van der Waals surface area contributed by atoms with Crippen LogP contribution < -0.4 is 20.7 Å². The van der Waals surface area contributed by atoms with Crippen molar-refractivity contribution in [3.8, 4) is 5.75 Å². The Kier molecular flexibility index (Phi) is 7.50. The number of nitrogens with one attached hydrogen (secondary N) is 1. The highest BCUT2D eigenvalue weighted by atomic mass is 35.5. The van der Waals surface area contributed by atoms with Gasteiger partial charge in [-0.15, -0.1) is 11.3 Å². The lowest BCUT2D eigenvalue weighted by Gasteiger charge is -2.18. The molecule has 0 fully saturated rings. The zero-order valence-corrected chi connectivity index (χ0v) is 20.4. The van der Waals surface area contributed by atoms with E-state index in [-0.39, 0.29) is 31.6 Å². The molecule has 8 nitrogen and oxygen atoms in total. The Morgan fingerprint density at radius 2 is 2.00 bits per heavy atom. The van der Waals surface area contributed by atoms with E-state index in [1.165, 1.54) is 22.4 Å². The van der Waals surface area contributed by atoms with Crippen molar-refractivity contribution in [2.24, 2.45) is 0 Å². The predicted octanol–water partition coefficient (Wildman–Crippen LogP) is 4.11. The van der Waals surface area contributed by atoms with E-state index in [1.54, 1.807) is 55.6 Å². The Labute approximate surface area is 210 Å². The number of nitrogens with two attached hydrogens (primary N) is 1. The number of anilines is 2. The molecule has 2 amide bonds. The molecule has 2 aromatic heterocycles. The molecular formula is C25H23ClN4O4S. The second-order valence-corrected chi connectivity index (χ2v) is 8.97. The number of carbonyl (C=O) groups is 2. The van der Waals surface area contributed by atoms with Gasteiger partial charge >= 0.3 is 0 Å². The first-order valence-corrected chi connectivity index (χ1v) is 11.9. The van der Waals surface area contributed by atoms with Gasteiger partial charge in [-0.2, -0.15) is 0 Å². The zero-order chi connectivity index (χ0) is 24.9. The standard InChI is InChI=1S/C25H23ClN4O4S/c1-30(18-7-5-17(26)6-8-18)25(33)15-3-2-4-19(11-15)34-13-16-14-35-22-20(24(32)28-9-10-31)12-29-23(27)21(16)22/h2-8,11-12,14,31H,9-10,13H2,1H3,(H2,27,29)(H,28,32). The normalized spacial score (nSPS) is 10.8. The van der Waals surface area contributed by atoms with E-state index in [4.69, 9.17) is 27.2 Å². The summed E-state index contributed by atoms with van der Waals surface area (Å²) in [4.78, 5) is 31.1. The van der Waals surface area contributed by atoms with E-state index in [0.29, 0.717) is 37.8 Å². The molecule has 4 aromatic rings. The number of benzene rings is 2. The average molecular weight is 511 g/mol. The van der Waals surface area contributed by atoms with E-state index in [1.807, 2.05) is 5.38 Å². The molecule has 2 aromatic carbocycles. The summed E-state index contributed by atoms with van der Waals surface area (Å²) in [7, 11) is 1.70. The van der Waals surface area contributed by atoms with Crippen molar-refractivity contribution in [3.05, 3.63) is 81.8 Å². The van der Waals surface area contributed by atoms with Crippen LogP contribution in [-0.4, -0.2) is 42.1 Å². The summed E-state index contributed by atoms with van der Waals surface area (Å²) >= 11 is 7.31. The molecule has 4 N–H and O–H groups in total. The maximum atomic E-state index is 13.0. The molecule has 0 radical (unpaired) electrons. The number of pyridine rings is 1. The predicted molar refractivity (Wildman–Crippen MR) is 138 cm³/mol. The summed E-state index contributed by atoms with van der Waals surface area (Å²) in [5.41, 5.74) is 8.47. The molecule has 180 valence electrons. The number of nitrogens with zero attached hydrogens (tertiary/aromatic N) is 2. The molecule has 0 unspecified atom stereocenters. The lowest BCUT2D eigenvalue weighted by molar-refractivity contribution is 0.0945. The minimum absolute atomic E-state index is 0.147. The van der Waals surface area contributed by atoms with Crippen molar-refractivity contribution < 1.29 is 19.4 Å². The Bertz CT molecular complexity index is 1370. The van der Waals surface area contributed by atoms with Crippen LogP contribution in [0.3, 0.4) is 0 Å². The number of amides is 2. The fourth-order valence-electron chi connectivity index (χ4n) is 3.52. The van der Waals surface area contributed by atoms with Gasteiger partial charge in [0, 0.05) is 47.0 Å². The van der Waals surface area contributed by atoms with Gasteiger partial charge in [0.1, 0.15) is 18.2 Å². The monoisotopic (exact) mass is 510 g/mol. The molecule has 0 saturated heterocycles. The van der Waals surface area contributed by atoms with Crippen LogP contribution in [0.2, 0.25) is 5.02 Å². The number of aromatic nitrogens is 1. The molecule has 4 rings (SSSR count). The topological polar surface area (TPSA) is 118 Å². The Balaban J connectivity index is 1.52. The van der Waals surface area contributed by atoms with Crippen LogP contribution in [0.4, 0.5) is 11.5 Å². The van der Waals surface area contributed by atoms with Crippen molar-refractivity contribution in [1.29, 1.82) is 0 Å². The molecule has 0 saturated carbocycles. The summed E-state index contributed by atoms with van der Waals surface area (Å²) in [6, 6.07) is 13.9. The molecule has 0 aliphatic carbocycles. The minimum Gasteiger partial charge on any atom is -0.489 e. The second-order valence-electron chi connectivity index (χ2n) is 7.66. The van der Waals surface area contributed by atoms with E-state index in [2.05, 4.69) is 10.3 Å².